The molecule has 1 N–H and O–H groups in total. The van der Waals surface area contributed by atoms with Gasteiger partial charge in [0.05, 0.1) is 11.6 Å². The smallest absolute Gasteiger partial charge is 0.308 e. The SMILES string of the molecule is CC(C)c1cn2c(n1)CC(C(=O)O)C2. The second-order valence-corrected chi connectivity index (χ2v) is 4.13. The summed E-state index contributed by atoms with van der Waals surface area (Å²) >= 11 is 0. The highest BCUT2D eigenvalue weighted by atomic mass is 16.4. The van der Waals surface area contributed by atoms with Crippen LogP contribution < -0.4 is 0 Å². The van der Waals surface area contributed by atoms with Gasteiger partial charge in [-0.2, -0.15) is 0 Å². The van der Waals surface area contributed by atoms with Crippen LogP contribution in [0.2, 0.25) is 0 Å². The molecule has 4 nitrogen and oxygen atoms in total. The molecule has 1 aromatic heterocycles. The standard InChI is InChI=1S/C10H14N2O2/c1-6(2)8-5-12-4-7(10(13)14)3-9(12)11-8/h5-7H,3-4H2,1-2H3,(H,13,14). The van der Waals surface area contributed by atoms with Crippen LogP contribution in [-0.4, -0.2) is 20.6 Å². The first kappa shape index (κ1) is 9.24. The monoisotopic (exact) mass is 194 g/mol. The van der Waals surface area contributed by atoms with Crippen LogP contribution in [0.1, 0.15) is 31.3 Å². The minimum atomic E-state index is -0.721. The van der Waals surface area contributed by atoms with Crippen LogP contribution in [0.15, 0.2) is 6.20 Å². The third kappa shape index (κ3) is 1.41. The van der Waals surface area contributed by atoms with Crippen molar-refractivity contribution in [1.29, 1.82) is 0 Å². The number of aliphatic carboxylic acids is 1. The second kappa shape index (κ2) is 3.12. The van der Waals surface area contributed by atoms with Gasteiger partial charge in [-0.1, -0.05) is 13.8 Å². The van der Waals surface area contributed by atoms with Crippen LogP contribution in [0.5, 0.6) is 0 Å². The van der Waals surface area contributed by atoms with E-state index in [9.17, 15) is 4.79 Å². The number of carboxylic acid groups (broad SMARTS) is 1. The Labute approximate surface area is 82.6 Å². The average molecular weight is 194 g/mol. The summed E-state index contributed by atoms with van der Waals surface area (Å²) in [6, 6.07) is 0. The van der Waals surface area contributed by atoms with Gasteiger partial charge in [-0.05, 0) is 5.92 Å². The molecule has 1 unspecified atom stereocenters. The molecule has 1 aliphatic rings. The predicted molar refractivity (Wildman–Crippen MR) is 51.1 cm³/mol. The van der Waals surface area contributed by atoms with Crippen LogP contribution in [0.3, 0.4) is 0 Å². The predicted octanol–water partition coefficient (Wildman–Crippen LogP) is 1.26. The second-order valence-electron chi connectivity index (χ2n) is 4.13. The zero-order chi connectivity index (χ0) is 10.3. The molecule has 76 valence electrons. The molecule has 1 atom stereocenters. The van der Waals surface area contributed by atoms with Crippen molar-refractivity contribution in [3.8, 4) is 0 Å². The lowest BCUT2D eigenvalue weighted by Crippen LogP contribution is -2.14. The van der Waals surface area contributed by atoms with Crippen molar-refractivity contribution in [3.05, 3.63) is 17.7 Å². The van der Waals surface area contributed by atoms with Crippen molar-refractivity contribution < 1.29 is 9.90 Å². The summed E-state index contributed by atoms with van der Waals surface area (Å²) in [5.41, 5.74) is 1.06. The Kier molecular flexibility index (Phi) is 2.06. The van der Waals surface area contributed by atoms with Gasteiger partial charge >= 0.3 is 5.97 Å². The first-order valence-corrected chi connectivity index (χ1v) is 4.86. The highest BCUT2D eigenvalue weighted by Crippen LogP contribution is 2.23. The Morgan fingerprint density at radius 1 is 1.71 bits per heavy atom. The maximum atomic E-state index is 10.7. The van der Waals surface area contributed by atoms with E-state index < -0.39 is 5.97 Å². The Hall–Kier alpha value is -1.32. The number of fused-ring (bicyclic) bond motifs is 1. The van der Waals surface area contributed by atoms with E-state index >= 15 is 0 Å². The molecule has 0 spiro atoms. The highest BCUT2D eigenvalue weighted by Gasteiger charge is 2.28. The number of carbonyl (C=O) groups is 1. The number of aromatic nitrogens is 2. The zero-order valence-corrected chi connectivity index (χ0v) is 8.40. The van der Waals surface area contributed by atoms with E-state index in [0.717, 1.165) is 11.5 Å². The van der Waals surface area contributed by atoms with Gasteiger partial charge in [0, 0.05) is 19.2 Å². The minimum absolute atomic E-state index is 0.279. The molecule has 1 aromatic rings. The Morgan fingerprint density at radius 3 is 2.93 bits per heavy atom. The normalized spacial score (nSPS) is 20.1. The molecule has 0 radical (unpaired) electrons. The maximum absolute atomic E-state index is 10.7. The largest absolute Gasteiger partial charge is 0.481 e. The van der Waals surface area contributed by atoms with Gasteiger partial charge in [0.15, 0.2) is 0 Å². The van der Waals surface area contributed by atoms with E-state index in [2.05, 4.69) is 18.8 Å². The summed E-state index contributed by atoms with van der Waals surface area (Å²) in [4.78, 5) is 15.2. The van der Waals surface area contributed by atoms with Gasteiger partial charge in [0.1, 0.15) is 5.82 Å². The summed E-state index contributed by atoms with van der Waals surface area (Å²) in [5.74, 6) is 0.331. The summed E-state index contributed by atoms with van der Waals surface area (Å²) in [7, 11) is 0. The number of hydrogen-bond acceptors (Lipinski definition) is 2. The van der Waals surface area contributed by atoms with Crippen LogP contribution in [0, 0.1) is 5.92 Å². The van der Waals surface area contributed by atoms with Crippen LogP contribution in [0.25, 0.3) is 0 Å². The van der Waals surface area contributed by atoms with Crippen molar-refractivity contribution in [2.75, 3.05) is 0 Å². The fourth-order valence-electron chi connectivity index (χ4n) is 1.76. The molecule has 1 aliphatic heterocycles. The zero-order valence-electron chi connectivity index (χ0n) is 8.40. The molecule has 14 heavy (non-hydrogen) atoms. The molecule has 0 bridgehead atoms. The molecule has 2 heterocycles. The fourth-order valence-corrected chi connectivity index (χ4v) is 1.76. The Balaban J connectivity index is 2.20. The topological polar surface area (TPSA) is 55.1 Å². The van der Waals surface area contributed by atoms with Crippen molar-refractivity contribution in [1.82, 2.24) is 9.55 Å². The van der Waals surface area contributed by atoms with Crippen LogP contribution >= 0.6 is 0 Å². The molecule has 2 rings (SSSR count). The van der Waals surface area contributed by atoms with E-state index in [1.54, 1.807) is 0 Å². The minimum Gasteiger partial charge on any atom is -0.481 e. The fraction of sp³-hybridized carbons (Fsp3) is 0.600. The lowest BCUT2D eigenvalue weighted by atomic mass is 10.1. The molecule has 0 aliphatic carbocycles. The van der Waals surface area contributed by atoms with E-state index in [4.69, 9.17) is 5.11 Å². The first-order valence-electron chi connectivity index (χ1n) is 4.86. The summed E-state index contributed by atoms with van der Waals surface area (Å²) in [6.07, 6.45) is 2.55. The molecular formula is C10H14N2O2. The van der Waals surface area contributed by atoms with Crippen molar-refractivity contribution in [2.24, 2.45) is 5.92 Å². The lowest BCUT2D eigenvalue weighted by Gasteiger charge is -2.02. The van der Waals surface area contributed by atoms with E-state index in [1.165, 1.54) is 0 Å². The van der Waals surface area contributed by atoms with E-state index in [1.807, 2.05) is 10.8 Å². The third-order valence-corrected chi connectivity index (χ3v) is 2.66. The molecule has 0 fully saturated rings. The third-order valence-electron chi connectivity index (χ3n) is 2.66. The highest BCUT2D eigenvalue weighted by molar-refractivity contribution is 5.70. The van der Waals surface area contributed by atoms with Gasteiger partial charge in [-0.3, -0.25) is 4.79 Å². The van der Waals surface area contributed by atoms with Gasteiger partial charge in [0.2, 0.25) is 0 Å². The number of carboxylic acids is 1. The lowest BCUT2D eigenvalue weighted by molar-refractivity contribution is -0.141. The summed E-state index contributed by atoms with van der Waals surface area (Å²) in [5, 5.41) is 8.84. The summed E-state index contributed by atoms with van der Waals surface area (Å²) in [6.45, 7) is 4.75. The number of imidazole rings is 1. The molecule has 0 saturated carbocycles. The first-order chi connectivity index (χ1) is 6.58. The van der Waals surface area contributed by atoms with Crippen LogP contribution in [-0.2, 0) is 17.8 Å². The van der Waals surface area contributed by atoms with Crippen molar-refractivity contribution in [3.63, 3.8) is 0 Å². The average Bonchev–Trinajstić information content (AvgIpc) is 2.57. The van der Waals surface area contributed by atoms with Crippen molar-refractivity contribution >= 4 is 5.97 Å². The number of hydrogen-bond donors (Lipinski definition) is 1. The van der Waals surface area contributed by atoms with Gasteiger partial charge in [-0.15, -0.1) is 0 Å². The molecule has 4 heteroatoms. The van der Waals surface area contributed by atoms with Crippen LogP contribution in [0.4, 0.5) is 0 Å². The van der Waals surface area contributed by atoms with E-state index in [-0.39, 0.29) is 5.92 Å². The quantitative estimate of drug-likeness (QED) is 0.771. The molecule has 0 aromatic carbocycles. The summed E-state index contributed by atoms with van der Waals surface area (Å²) < 4.78 is 1.97. The van der Waals surface area contributed by atoms with Crippen molar-refractivity contribution in [2.45, 2.75) is 32.7 Å². The number of rotatable bonds is 2. The Bertz CT molecular complexity index is 345. The molecule has 0 saturated heterocycles. The molecular weight excluding hydrogens is 180 g/mol. The maximum Gasteiger partial charge on any atom is 0.308 e. The van der Waals surface area contributed by atoms with Gasteiger partial charge in [0.25, 0.3) is 0 Å². The van der Waals surface area contributed by atoms with E-state index in [0.29, 0.717) is 18.9 Å². The number of nitrogens with zero attached hydrogens (tertiary/aromatic N) is 2. The van der Waals surface area contributed by atoms with Gasteiger partial charge in [-0.25, -0.2) is 4.98 Å². The molecule has 0 amide bonds. The Morgan fingerprint density at radius 2 is 2.43 bits per heavy atom. The van der Waals surface area contributed by atoms with Gasteiger partial charge < -0.3 is 9.67 Å².